The normalized spacial score (nSPS) is 14.8. The van der Waals surface area contributed by atoms with Crippen LogP contribution >= 0.6 is 0 Å². The molecule has 0 spiro atoms. The molecule has 1 aliphatic heterocycles. The van der Waals surface area contributed by atoms with Crippen molar-refractivity contribution in [2.24, 2.45) is 0 Å². The van der Waals surface area contributed by atoms with Gasteiger partial charge in [-0.05, 0) is 31.2 Å². The van der Waals surface area contributed by atoms with Crippen molar-refractivity contribution < 1.29 is 14.3 Å². The summed E-state index contributed by atoms with van der Waals surface area (Å²) in [6, 6.07) is 14.0. The minimum Gasteiger partial charge on any atom is -0.497 e. The second kappa shape index (κ2) is 8.79. The predicted octanol–water partition coefficient (Wildman–Crippen LogP) is 3.64. The van der Waals surface area contributed by atoms with Crippen LogP contribution in [0, 0.1) is 0 Å². The van der Waals surface area contributed by atoms with Crippen molar-refractivity contribution in [3.05, 3.63) is 59.8 Å². The molecule has 0 saturated carbocycles. The van der Waals surface area contributed by atoms with E-state index in [2.05, 4.69) is 22.5 Å². The third kappa shape index (κ3) is 3.87. The molecule has 4 rings (SSSR count). The van der Waals surface area contributed by atoms with Crippen LogP contribution in [-0.2, 0) is 13.1 Å². The van der Waals surface area contributed by atoms with Crippen LogP contribution in [0.2, 0.25) is 0 Å². The summed E-state index contributed by atoms with van der Waals surface area (Å²) in [6.45, 7) is 6.83. The van der Waals surface area contributed by atoms with Gasteiger partial charge in [0.15, 0.2) is 0 Å². The summed E-state index contributed by atoms with van der Waals surface area (Å²) < 4.78 is 13.0. The number of piperazine rings is 1. The van der Waals surface area contributed by atoms with Gasteiger partial charge in [-0.15, -0.1) is 0 Å². The van der Waals surface area contributed by atoms with Gasteiger partial charge in [-0.2, -0.15) is 0 Å². The monoisotopic (exact) mass is 407 g/mol. The van der Waals surface area contributed by atoms with Crippen molar-refractivity contribution in [3.8, 4) is 11.5 Å². The summed E-state index contributed by atoms with van der Waals surface area (Å²) in [7, 11) is 3.36. The molecule has 1 amide bonds. The van der Waals surface area contributed by atoms with Gasteiger partial charge in [0.25, 0.3) is 5.91 Å². The molecule has 0 radical (unpaired) electrons. The van der Waals surface area contributed by atoms with E-state index in [0.717, 1.165) is 72.8 Å². The first-order valence-corrected chi connectivity index (χ1v) is 10.4. The van der Waals surface area contributed by atoms with E-state index < -0.39 is 0 Å². The molecule has 30 heavy (non-hydrogen) atoms. The smallest absolute Gasteiger partial charge is 0.256 e. The van der Waals surface area contributed by atoms with Gasteiger partial charge in [-0.1, -0.05) is 18.2 Å². The highest BCUT2D eigenvalue weighted by Gasteiger charge is 2.25. The van der Waals surface area contributed by atoms with E-state index in [4.69, 9.17) is 9.47 Å². The fraction of sp³-hybridized carbons (Fsp3) is 0.375. The van der Waals surface area contributed by atoms with Crippen molar-refractivity contribution in [2.75, 3.05) is 40.4 Å². The van der Waals surface area contributed by atoms with Gasteiger partial charge in [0.05, 0.1) is 19.8 Å². The zero-order valence-corrected chi connectivity index (χ0v) is 17.9. The van der Waals surface area contributed by atoms with Crippen LogP contribution in [0.25, 0.3) is 10.9 Å². The van der Waals surface area contributed by atoms with Gasteiger partial charge < -0.3 is 18.9 Å². The molecule has 0 atom stereocenters. The number of fused-ring (bicyclic) bond motifs is 1. The number of methoxy groups -OCH3 is 2. The van der Waals surface area contributed by atoms with E-state index in [0.29, 0.717) is 0 Å². The zero-order chi connectivity index (χ0) is 21.1. The number of hydrogen-bond donors (Lipinski definition) is 0. The second-order valence-electron chi connectivity index (χ2n) is 7.59. The van der Waals surface area contributed by atoms with Gasteiger partial charge in [0.1, 0.15) is 11.5 Å². The van der Waals surface area contributed by atoms with E-state index in [9.17, 15) is 4.79 Å². The highest BCUT2D eigenvalue weighted by atomic mass is 16.5. The quantitative estimate of drug-likeness (QED) is 0.626. The minimum absolute atomic E-state index is 0.122. The number of aromatic nitrogens is 1. The average molecular weight is 408 g/mol. The standard InChI is InChI=1S/C24H29N3O3/c1-4-26-17-21(20-7-5-6-8-22(20)26)24(28)27-13-11-25(12-14-27)16-18-15-19(29-2)9-10-23(18)30-3/h5-10,15,17H,4,11-14,16H2,1-3H3. The molecule has 6 nitrogen and oxygen atoms in total. The lowest BCUT2D eigenvalue weighted by Gasteiger charge is -2.35. The molecule has 0 N–H and O–H groups in total. The molecule has 1 aromatic heterocycles. The molecule has 1 aliphatic rings. The summed E-state index contributed by atoms with van der Waals surface area (Å²) in [5, 5.41) is 1.04. The SMILES string of the molecule is CCn1cc(C(=O)N2CCN(Cc3cc(OC)ccc3OC)CC2)c2ccccc21. The van der Waals surface area contributed by atoms with E-state index >= 15 is 0 Å². The maximum absolute atomic E-state index is 13.2. The number of nitrogens with zero attached hydrogens (tertiary/aromatic N) is 3. The lowest BCUT2D eigenvalue weighted by molar-refractivity contribution is 0.0629. The number of carbonyl (C=O) groups excluding carboxylic acids is 1. The topological polar surface area (TPSA) is 46.9 Å². The molecule has 6 heteroatoms. The van der Waals surface area contributed by atoms with Crippen LogP contribution in [0.1, 0.15) is 22.8 Å². The summed E-state index contributed by atoms with van der Waals surface area (Å²) in [5.74, 6) is 1.81. The molecule has 0 bridgehead atoms. The Morgan fingerprint density at radius 1 is 1.00 bits per heavy atom. The van der Waals surface area contributed by atoms with Gasteiger partial charge in [0, 0.05) is 61.9 Å². The van der Waals surface area contributed by atoms with Crippen LogP contribution < -0.4 is 9.47 Å². The van der Waals surface area contributed by atoms with E-state index in [-0.39, 0.29) is 5.91 Å². The number of para-hydroxylation sites is 1. The summed E-state index contributed by atoms with van der Waals surface area (Å²) in [5.41, 5.74) is 3.02. The van der Waals surface area contributed by atoms with Crippen molar-refractivity contribution in [1.29, 1.82) is 0 Å². The molecular weight excluding hydrogens is 378 g/mol. The Bertz CT molecular complexity index is 1040. The first-order valence-electron chi connectivity index (χ1n) is 10.4. The van der Waals surface area contributed by atoms with Crippen molar-refractivity contribution in [1.82, 2.24) is 14.4 Å². The molecule has 3 aromatic rings. The maximum atomic E-state index is 13.2. The number of hydrogen-bond acceptors (Lipinski definition) is 4. The number of rotatable bonds is 6. The molecule has 2 heterocycles. The number of carbonyl (C=O) groups is 1. The van der Waals surface area contributed by atoms with Crippen LogP contribution in [0.3, 0.4) is 0 Å². The first kappa shape index (κ1) is 20.3. The Morgan fingerprint density at radius 2 is 1.77 bits per heavy atom. The largest absolute Gasteiger partial charge is 0.497 e. The molecule has 2 aromatic carbocycles. The van der Waals surface area contributed by atoms with E-state index in [1.54, 1.807) is 14.2 Å². The highest BCUT2D eigenvalue weighted by molar-refractivity contribution is 6.07. The van der Waals surface area contributed by atoms with Crippen LogP contribution in [-0.4, -0.2) is 60.7 Å². The van der Waals surface area contributed by atoms with Gasteiger partial charge in [-0.25, -0.2) is 0 Å². The predicted molar refractivity (Wildman–Crippen MR) is 118 cm³/mol. The Labute approximate surface area is 177 Å². The summed E-state index contributed by atoms with van der Waals surface area (Å²) in [6.07, 6.45) is 2.00. The molecular formula is C24H29N3O3. The van der Waals surface area contributed by atoms with Gasteiger partial charge in [-0.3, -0.25) is 9.69 Å². The average Bonchev–Trinajstić information content (AvgIpc) is 3.18. The molecule has 158 valence electrons. The molecule has 1 saturated heterocycles. The first-order chi connectivity index (χ1) is 14.6. The number of aryl methyl sites for hydroxylation is 1. The Balaban J connectivity index is 1.45. The number of amides is 1. The Morgan fingerprint density at radius 3 is 2.47 bits per heavy atom. The number of benzene rings is 2. The summed E-state index contributed by atoms with van der Waals surface area (Å²) in [4.78, 5) is 17.6. The second-order valence-corrected chi connectivity index (χ2v) is 7.59. The highest BCUT2D eigenvalue weighted by Crippen LogP contribution is 2.26. The van der Waals surface area contributed by atoms with E-state index in [1.165, 1.54) is 0 Å². The van der Waals surface area contributed by atoms with Crippen molar-refractivity contribution in [3.63, 3.8) is 0 Å². The Hall–Kier alpha value is -2.99. The van der Waals surface area contributed by atoms with Gasteiger partial charge in [0.2, 0.25) is 0 Å². The van der Waals surface area contributed by atoms with Crippen molar-refractivity contribution in [2.45, 2.75) is 20.0 Å². The fourth-order valence-electron chi connectivity index (χ4n) is 4.20. The molecule has 1 fully saturated rings. The summed E-state index contributed by atoms with van der Waals surface area (Å²) >= 11 is 0. The lowest BCUT2D eigenvalue weighted by Crippen LogP contribution is -2.48. The lowest BCUT2D eigenvalue weighted by atomic mass is 10.1. The maximum Gasteiger partial charge on any atom is 0.256 e. The van der Waals surface area contributed by atoms with Crippen LogP contribution in [0.4, 0.5) is 0 Å². The zero-order valence-electron chi connectivity index (χ0n) is 17.9. The van der Waals surface area contributed by atoms with Gasteiger partial charge >= 0.3 is 0 Å². The molecule has 0 unspecified atom stereocenters. The van der Waals surface area contributed by atoms with Crippen molar-refractivity contribution >= 4 is 16.8 Å². The third-order valence-electron chi connectivity index (χ3n) is 5.90. The van der Waals surface area contributed by atoms with Crippen LogP contribution in [0.5, 0.6) is 11.5 Å². The van der Waals surface area contributed by atoms with Crippen LogP contribution in [0.15, 0.2) is 48.7 Å². The fourth-order valence-corrected chi connectivity index (χ4v) is 4.20. The molecule has 0 aliphatic carbocycles. The van der Waals surface area contributed by atoms with E-state index in [1.807, 2.05) is 47.5 Å². The minimum atomic E-state index is 0.122. The Kier molecular flexibility index (Phi) is 5.95. The third-order valence-corrected chi connectivity index (χ3v) is 5.90. The number of ether oxygens (including phenoxy) is 2.